The molecular weight excluding hydrogens is 210 g/mol. The van der Waals surface area contributed by atoms with Crippen LogP contribution >= 0.6 is 0 Å². The molecule has 0 bridgehead atoms. The minimum absolute atomic E-state index is 0.00131. The van der Waals surface area contributed by atoms with Gasteiger partial charge in [0.15, 0.2) is 0 Å². The Morgan fingerprint density at radius 1 is 0.941 bits per heavy atom. The van der Waals surface area contributed by atoms with E-state index in [0.717, 1.165) is 18.9 Å². The summed E-state index contributed by atoms with van der Waals surface area (Å²) in [6, 6.07) is 0. The molecule has 2 fully saturated rings. The van der Waals surface area contributed by atoms with Crippen molar-refractivity contribution in [1.82, 2.24) is 5.32 Å². The second kappa shape index (κ2) is 7.38. The Kier molecular flexibility index (Phi) is 5.79. The third-order valence-corrected chi connectivity index (χ3v) is 4.71. The van der Waals surface area contributed by atoms with Gasteiger partial charge in [-0.3, -0.25) is 0 Å². The summed E-state index contributed by atoms with van der Waals surface area (Å²) in [5, 5.41) is 13.5. The van der Waals surface area contributed by atoms with Crippen molar-refractivity contribution in [3.8, 4) is 0 Å². The van der Waals surface area contributed by atoms with Gasteiger partial charge in [-0.1, -0.05) is 25.7 Å². The van der Waals surface area contributed by atoms with E-state index in [0.29, 0.717) is 5.92 Å². The van der Waals surface area contributed by atoms with Crippen LogP contribution in [0.4, 0.5) is 0 Å². The first-order chi connectivity index (χ1) is 8.36. The Morgan fingerprint density at radius 2 is 1.65 bits per heavy atom. The summed E-state index contributed by atoms with van der Waals surface area (Å²) in [7, 11) is 0. The van der Waals surface area contributed by atoms with Gasteiger partial charge >= 0.3 is 0 Å². The van der Waals surface area contributed by atoms with E-state index in [1.165, 1.54) is 64.3 Å². The standard InChI is InChI=1S/C15H29NO/c17-15-10-4-3-8-14(15)9-5-11-16-12-13-6-1-2-7-13/h13-17H,1-12H2. The van der Waals surface area contributed by atoms with E-state index in [-0.39, 0.29) is 6.10 Å². The molecule has 0 spiro atoms. The van der Waals surface area contributed by atoms with Crippen molar-refractivity contribution in [2.45, 2.75) is 70.3 Å². The lowest BCUT2D eigenvalue weighted by Crippen LogP contribution is -2.27. The molecule has 2 unspecified atom stereocenters. The van der Waals surface area contributed by atoms with Crippen LogP contribution in [-0.2, 0) is 0 Å². The molecule has 2 N–H and O–H groups in total. The van der Waals surface area contributed by atoms with Gasteiger partial charge in [0.2, 0.25) is 0 Å². The van der Waals surface area contributed by atoms with Gasteiger partial charge in [-0.2, -0.15) is 0 Å². The largest absolute Gasteiger partial charge is 0.393 e. The fraction of sp³-hybridized carbons (Fsp3) is 1.00. The minimum Gasteiger partial charge on any atom is -0.393 e. The number of aliphatic hydroxyl groups is 1. The molecule has 0 aliphatic heterocycles. The maximum Gasteiger partial charge on any atom is 0.0568 e. The Bertz CT molecular complexity index is 201. The molecule has 2 aliphatic rings. The van der Waals surface area contributed by atoms with Crippen molar-refractivity contribution in [2.24, 2.45) is 11.8 Å². The van der Waals surface area contributed by atoms with Crippen LogP contribution in [0.5, 0.6) is 0 Å². The zero-order chi connectivity index (χ0) is 11.9. The maximum absolute atomic E-state index is 9.88. The van der Waals surface area contributed by atoms with Crippen LogP contribution in [-0.4, -0.2) is 24.3 Å². The topological polar surface area (TPSA) is 32.3 Å². The molecule has 17 heavy (non-hydrogen) atoms. The molecule has 2 aliphatic carbocycles. The first-order valence-electron chi connectivity index (χ1n) is 7.75. The summed E-state index contributed by atoms with van der Waals surface area (Å²) in [5.41, 5.74) is 0. The average molecular weight is 239 g/mol. The molecule has 2 atom stereocenters. The molecule has 2 rings (SSSR count). The summed E-state index contributed by atoms with van der Waals surface area (Å²) in [6.45, 7) is 2.38. The second-order valence-electron chi connectivity index (χ2n) is 6.11. The predicted octanol–water partition coefficient (Wildman–Crippen LogP) is 3.10. The number of nitrogens with one attached hydrogen (secondary N) is 1. The Balaban J connectivity index is 1.47. The molecular formula is C15H29NO. The SMILES string of the molecule is OC1CCCCC1CCCNCC1CCCC1. The normalized spacial score (nSPS) is 30.9. The van der Waals surface area contributed by atoms with Gasteiger partial charge in [-0.15, -0.1) is 0 Å². The van der Waals surface area contributed by atoms with Crippen molar-refractivity contribution in [3.63, 3.8) is 0 Å². The van der Waals surface area contributed by atoms with Gasteiger partial charge < -0.3 is 10.4 Å². The van der Waals surface area contributed by atoms with Crippen molar-refractivity contribution in [1.29, 1.82) is 0 Å². The van der Waals surface area contributed by atoms with Gasteiger partial charge in [0.05, 0.1) is 6.10 Å². The fourth-order valence-corrected chi connectivity index (χ4v) is 3.53. The van der Waals surface area contributed by atoms with Gasteiger partial charge in [0.1, 0.15) is 0 Å². The molecule has 0 heterocycles. The third-order valence-electron chi connectivity index (χ3n) is 4.71. The monoisotopic (exact) mass is 239 g/mol. The van der Waals surface area contributed by atoms with E-state index in [1.54, 1.807) is 0 Å². The van der Waals surface area contributed by atoms with E-state index in [4.69, 9.17) is 0 Å². The highest BCUT2D eigenvalue weighted by atomic mass is 16.3. The molecule has 0 aromatic carbocycles. The van der Waals surface area contributed by atoms with Crippen LogP contribution in [0.1, 0.15) is 64.2 Å². The molecule has 0 aromatic rings. The number of hydrogen-bond acceptors (Lipinski definition) is 2. The van der Waals surface area contributed by atoms with Gasteiger partial charge in [0, 0.05) is 0 Å². The van der Waals surface area contributed by atoms with Gasteiger partial charge in [-0.25, -0.2) is 0 Å². The summed E-state index contributed by atoms with van der Waals surface area (Å²) in [5.74, 6) is 1.55. The zero-order valence-corrected chi connectivity index (χ0v) is 11.2. The van der Waals surface area contributed by atoms with Gasteiger partial charge in [0.25, 0.3) is 0 Å². The Morgan fingerprint density at radius 3 is 2.41 bits per heavy atom. The van der Waals surface area contributed by atoms with E-state index in [2.05, 4.69) is 5.32 Å². The quantitative estimate of drug-likeness (QED) is 0.698. The van der Waals surface area contributed by atoms with Crippen molar-refractivity contribution in [3.05, 3.63) is 0 Å². The zero-order valence-electron chi connectivity index (χ0n) is 11.2. The molecule has 0 amide bonds. The lowest BCUT2D eigenvalue weighted by atomic mass is 9.83. The van der Waals surface area contributed by atoms with Crippen molar-refractivity contribution < 1.29 is 5.11 Å². The number of rotatable bonds is 6. The Labute approximate surface area is 106 Å². The highest BCUT2D eigenvalue weighted by Crippen LogP contribution is 2.27. The minimum atomic E-state index is -0.00131. The first kappa shape index (κ1) is 13.4. The van der Waals surface area contributed by atoms with Crippen LogP contribution < -0.4 is 5.32 Å². The average Bonchev–Trinajstić information content (AvgIpc) is 2.84. The first-order valence-corrected chi connectivity index (χ1v) is 7.75. The molecule has 0 radical (unpaired) electrons. The molecule has 2 saturated carbocycles. The number of hydrogen-bond donors (Lipinski definition) is 2. The number of aliphatic hydroxyl groups excluding tert-OH is 1. The summed E-state index contributed by atoms with van der Waals surface area (Å²) < 4.78 is 0. The highest BCUT2D eigenvalue weighted by Gasteiger charge is 2.22. The molecule has 2 nitrogen and oxygen atoms in total. The fourth-order valence-electron chi connectivity index (χ4n) is 3.53. The second-order valence-corrected chi connectivity index (χ2v) is 6.11. The maximum atomic E-state index is 9.88. The van der Waals surface area contributed by atoms with E-state index < -0.39 is 0 Å². The Hall–Kier alpha value is -0.0800. The summed E-state index contributed by atoms with van der Waals surface area (Å²) >= 11 is 0. The highest BCUT2D eigenvalue weighted by molar-refractivity contribution is 4.75. The summed E-state index contributed by atoms with van der Waals surface area (Å²) in [6.07, 6.45) is 13.1. The lowest BCUT2D eigenvalue weighted by molar-refractivity contribution is 0.0643. The molecule has 2 heteroatoms. The van der Waals surface area contributed by atoms with Crippen LogP contribution in [0, 0.1) is 11.8 Å². The van der Waals surface area contributed by atoms with Crippen LogP contribution in [0.2, 0.25) is 0 Å². The predicted molar refractivity (Wildman–Crippen MR) is 72.0 cm³/mol. The van der Waals surface area contributed by atoms with Crippen LogP contribution in [0.15, 0.2) is 0 Å². The van der Waals surface area contributed by atoms with E-state index in [1.807, 2.05) is 0 Å². The van der Waals surface area contributed by atoms with Gasteiger partial charge in [-0.05, 0) is 63.5 Å². The molecule has 100 valence electrons. The smallest absolute Gasteiger partial charge is 0.0568 e. The van der Waals surface area contributed by atoms with Crippen molar-refractivity contribution >= 4 is 0 Å². The summed E-state index contributed by atoms with van der Waals surface area (Å²) in [4.78, 5) is 0. The van der Waals surface area contributed by atoms with Crippen molar-refractivity contribution in [2.75, 3.05) is 13.1 Å². The van der Waals surface area contributed by atoms with E-state index in [9.17, 15) is 5.11 Å². The molecule has 0 saturated heterocycles. The van der Waals surface area contributed by atoms with E-state index >= 15 is 0 Å². The lowest BCUT2D eigenvalue weighted by Gasteiger charge is -2.27. The van der Waals surface area contributed by atoms with Crippen LogP contribution in [0.3, 0.4) is 0 Å². The van der Waals surface area contributed by atoms with Crippen LogP contribution in [0.25, 0.3) is 0 Å². The third kappa shape index (κ3) is 4.59. The molecule has 0 aromatic heterocycles.